The normalized spacial score (nSPS) is 32.7. The van der Waals surface area contributed by atoms with Gasteiger partial charge in [-0.15, -0.1) is 0 Å². The lowest BCUT2D eigenvalue weighted by molar-refractivity contribution is -0.0523. The fraction of sp³-hybridized carbons (Fsp3) is 0.625. The summed E-state index contributed by atoms with van der Waals surface area (Å²) >= 11 is 0. The molecule has 19 heavy (non-hydrogen) atoms. The van der Waals surface area contributed by atoms with Gasteiger partial charge in [0.05, 0.1) is 12.2 Å². The number of para-hydroxylation sites is 1. The molecule has 0 aromatic heterocycles. The van der Waals surface area contributed by atoms with E-state index >= 15 is 0 Å². The van der Waals surface area contributed by atoms with Crippen molar-refractivity contribution in [3.63, 3.8) is 0 Å². The summed E-state index contributed by atoms with van der Waals surface area (Å²) in [4.78, 5) is 0. The first kappa shape index (κ1) is 12.9. The van der Waals surface area contributed by atoms with Crippen molar-refractivity contribution in [1.82, 2.24) is 5.32 Å². The van der Waals surface area contributed by atoms with Gasteiger partial charge in [0.15, 0.2) is 0 Å². The van der Waals surface area contributed by atoms with Crippen LogP contribution in [0.5, 0.6) is 5.75 Å². The maximum Gasteiger partial charge on any atom is 0.129 e. The van der Waals surface area contributed by atoms with Crippen LogP contribution in [0.1, 0.15) is 44.9 Å². The van der Waals surface area contributed by atoms with Gasteiger partial charge in [0.25, 0.3) is 0 Å². The van der Waals surface area contributed by atoms with Gasteiger partial charge in [-0.2, -0.15) is 0 Å². The molecule has 0 saturated carbocycles. The number of rotatable bonds is 1. The highest BCUT2D eigenvalue weighted by Gasteiger charge is 2.35. The van der Waals surface area contributed by atoms with Crippen LogP contribution >= 0.6 is 0 Å². The van der Waals surface area contributed by atoms with Crippen molar-refractivity contribution < 1.29 is 9.47 Å². The number of hydrogen-bond donors (Lipinski definition) is 1. The third-order valence-corrected chi connectivity index (χ3v) is 4.18. The number of nitrogens with one attached hydrogen (secondary N) is 1. The van der Waals surface area contributed by atoms with Gasteiger partial charge in [-0.25, -0.2) is 0 Å². The van der Waals surface area contributed by atoms with Crippen molar-refractivity contribution in [2.24, 2.45) is 0 Å². The predicted octanol–water partition coefficient (Wildman–Crippen LogP) is 2.84. The van der Waals surface area contributed by atoms with E-state index in [-0.39, 0.29) is 17.8 Å². The van der Waals surface area contributed by atoms with Crippen LogP contribution in [0.4, 0.5) is 0 Å². The molecule has 0 bridgehead atoms. The van der Waals surface area contributed by atoms with E-state index in [1.165, 1.54) is 11.1 Å². The lowest BCUT2D eigenvalue weighted by Gasteiger charge is -2.34. The summed E-state index contributed by atoms with van der Waals surface area (Å²) < 4.78 is 12.3. The zero-order valence-electron chi connectivity index (χ0n) is 12.2. The first-order chi connectivity index (χ1) is 8.96. The number of hydrogen-bond acceptors (Lipinski definition) is 3. The molecule has 3 atom stereocenters. The Morgan fingerprint density at radius 3 is 2.79 bits per heavy atom. The van der Waals surface area contributed by atoms with E-state index in [9.17, 15) is 0 Å². The van der Waals surface area contributed by atoms with Crippen LogP contribution in [0, 0.1) is 0 Å². The van der Waals surface area contributed by atoms with Gasteiger partial charge >= 0.3 is 0 Å². The smallest absolute Gasteiger partial charge is 0.129 e. The fourth-order valence-electron chi connectivity index (χ4n) is 2.96. The molecule has 1 N–H and O–H groups in total. The minimum atomic E-state index is -0.0978. The van der Waals surface area contributed by atoms with Gasteiger partial charge in [-0.3, -0.25) is 0 Å². The maximum atomic E-state index is 6.14. The van der Waals surface area contributed by atoms with E-state index in [1.807, 2.05) is 0 Å². The molecule has 2 aliphatic heterocycles. The number of morpholine rings is 1. The molecule has 104 valence electrons. The van der Waals surface area contributed by atoms with E-state index < -0.39 is 0 Å². The monoisotopic (exact) mass is 261 g/mol. The highest BCUT2D eigenvalue weighted by atomic mass is 16.5. The van der Waals surface area contributed by atoms with Gasteiger partial charge in [0.2, 0.25) is 0 Å². The number of ether oxygens (including phenoxy) is 2. The third kappa shape index (κ3) is 2.37. The molecule has 1 fully saturated rings. The zero-order chi connectivity index (χ0) is 13.6. The summed E-state index contributed by atoms with van der Waals surface area (Å²) in [6, 6.07) is 6.82. The SMILES string of the molecule is CC1NCC(c2cccc3c2OC(C)(C)C3)OC1C. The summed E-state index contributed by atoms with van der Waals surface area (Å²) in [5.74, 6) is 1.04. The highest BCUT2D eigenvalue weighted by molar-refractivity contribution is 5.47. The second-order valence-corrected chi connectivity index (χ2v) is 6.40. The summed E-state index contributed by atoms with van der Waals surface area (Å²) in [7, 11) is 0. The Bertz CT molecular complexity index is 484. The minimum Gasteiger partial charge on any atom is -0.487 e. The Morgan fingerprint density at radius 1 is 1.26 bits per heavy atom. The summed E-state index contributed by atoms with van der Waals surface area (Å²) in [6.07, 6.45) is 1.29. The van der Waals surface area contributed by atoms with E-state index in [0.29, 0.717) is 6.04 Å². The largest absolute Gasteiger partial charge is 0.487 e. The summed E-state index contributed by atoms with van der Waals surface area (Å²) in [6.45, 7) is 9.42. The van der Waals surface area contributed by atoms with E-state index in [2.05, 4.69) is 51.2 Å². The van der Waals surface area contributed by atoms with E-state index in [4.69, 9.17) is 9.47 Å². The van der Waals surface area contributed by atoms with Crippen LogP contribution < -0.4 is 10.1 Å². The van der Waals surface area contributed by atoms with Crippen LogP contribution in [0.2, 0.25) is 0 Å². The second-order valence-electron chi connectivity index (χ2n) is 6.40. The molecule has 1 aromatic rings. The molecule has 2 heterocycles. The summed E-state index contributed by atoms with van der Waals surface area (Å²) in [5, 5.41) is 3.51. The molecule has 0 amide bonds. The molecule has 0 radical (unpaired) electrons. The molecule has 3 unspecified atom stereocenters. The van der Waals surface area contributed by atoms with Crippen molar-refractivity contribution >= 4 is 0 Å². The fourth-order valence-corrected chi connectivity index (χ4v) is 2.96. The molecule has 1 saturated heterocycles. The van der Waals surface area contributed by atoms with Crippen LogP contribution in [0.25, 0.3) is 0 Å². The molecule has 3 heteroatoms. The van der Waals surface area contributed by atoms with Crippen molar-refractivity contribution in [3.8, 4) is 5.75 Å². The standard InChI is InChI=1S/C16H23NO2/c1-10-11(2)18-14(9-17-10)13-7-5-6-12-8-16(3,4)19-15(12)13/h5-7,10-11,14,17H,8-9H2,1-4H3. The summed E-state index contributed by atoms with van der Waals surface area (Å²) in [5.41, 5.74) is 2.39. The quantitative estimate of drug-likeness (QED) is 0.843. The van der Waals surface area contributed by atoms with Crippen LogP contribution in [-0.2, 0) is 11.2 Å². The Morgan fingerprint density at radius 2 is 2.05 bits per heavy atom. The lowest BCUT2D eigenvalue weighted by atomic mass is 9.98. The average Bonchev–Trinajstić information content (AvgIpc) is 2.66. The van der Waals surface area contributed by atoms with Gasteiger partial charge in [0, 0.05) is 24.6 Å². The first-order valence-electron chi connectivity index (χ1n) is 7.16. The van der Waals surface area contributed by atoms with Crippen LogP contribution in [0.15, 0.2) is 18.2 Å². The van der Waals surface area contributed by atoms with Crippen molar-refractivity contribution in [2.75, 3.05) is 6.54 Å². The van der Waals surface area contributed by atoms with E-state index in [1.54, 1.807) is 0 Å². The predicted molar refractivity (Wildman–Crippen MR) is 75.6 cm³/mol. The topological polar surface area (TPSA) is 30.5 Å². The van der Waals surface area contributed by atoms with E-state index in [0.717, 1.165) is 18.7 Å². The Kier molecular flexibility index (Phi) is 3.06. The second kappa shape index (κ2) is 4.50. The lowest BCUT2D eigenvalue weighted by Crippen LogP contribution is -2.46. The first-order valence-corrected chi connectivity index (χ1v) is 7.16. The van der Waals surface area contributed by atoms with Crippen LogP contribution in [0.3, 0.4) is 0 Å². The van der Waals surface area contributed by atoms with Gasteiger partial charge in [-0.1, -0.05) is 18.2 Å². The molecule has 3 nitrogen and oxygen atoms in total. The zero-order valence-corrected chi connectivity index (χ0v) is 12.2. The third-order valence-electron chi connectivity index (χ3n) is 4.18. The van der Waals surface area contributed by atoms with Crippen LogP contribution in [-0.4, -0.2) is 24.3 Å². The highest BCUT2D eigenvalue weighted by Crippen LogP contribution is 2.41. The molecule has 2 aliphatic rings. The molecule has 0 aliphatic carbocycles. The van der Waals surface area contributed by atoms with Gasteiger partial charge < -0.3 is 14.8 Å². The number of benzene rings is 1. The average molecular weight is 261 g/mol. The Balaban J connectivity index is 1.89. The van der Waals surface area contributed by atoms with Crippen molar-refractivity contribution in [2.45, 2.75) is 58.0 Å². The van der Waals surface area contributed by atoms with Crippen molar-refractivity contribution in [1.29, 1.82) is 0 Å². The minimum absolute atomic E-state index is 0.0926. The van der Waals surface area contributed by atoms with Crippen molar-refractivity contribution in [3.05, 3.63) is 29.3 Å². The molecule has 0 spiro atoms. The number of fused-ring (bicyclic) bond motifs is 1. The Hall–Kier alpha value is -1.06. The van der Waals surface area contributed by atoms with Gasteiger partial charge in [0.1, 0.15) is 11.4 Å². The molecular formula is C16H23NO2. The maximum absolute atomic E-state index is 6.14. The van der Waals surface area contributed by atoms with Gasteiger partial charge in [-0.05, 0) is 33.3 Å². The molecule has 3 rings (SSSR count). The molecule has 1 aromatic carbocycles. The molecular weight excluding hydrogens is 238 g/mol. The Labute approximate surface area is 115 Å².